The number of hydrogen-bond donors (Lipinski definition) is 3. The first kappa shape index (κ1) is 21.8. The maximum absolute atomic E-state index is 12.8. The summed E-state index contributed by atoms with van der Waals surface area (Å²) in [5.41, 5.74) is 2.51. The van der Waals surface area contributed by atoms with Crippen LogP contribution in [0.1, 0.15) is 27.3 Å². The van der Waals surface area contributed by atoms with E-state index in [-0.39, 0.29) is 23.6 Å². The van der Waals surface area contributed by atoms with Gasteiger partial charge in [0.05, 0.1) is 12.1 Å². The van der Waals surface area contributed by atoms with Gasteiger partial charge in [0, 0.05) is 42.8 Å². The average Bonchev–Trinajstić information content (AvgIpc) is 3.26. The molecule has 3 heterocycles. The zero-order chi connectivity index (χ0) is 23.5. The molecule has 4 rings (SSSR count). The van der Waals surface area contributed by atoms with Gasteiger partial charge in [-0.1, -0.05) is 6.07 Å². The summed E-state index contributed by atoms with van der Waals surface area (Å²) in [5.74, 6) is 0.0505. The van der Waals surface area contributed by atoms with Crippen molar-refractivity contribution in [1.82, 2.24) is 24.9 Å². The number of aryl methyl sites for hydroxylation is 2. The first-order valence-electron chi connectivity index (χ1n) is 10.2. The fourth-order valence-electron chi connectivity index (χ4n) is 3.34. The van der Waals surface area contributed by atoms with Gasteiger partial charge in [0.15, 0.2) is 11.4 Å². The van der Waals surface area contributed by atoms with Crippen molar-refractivity contribution in [3.63, 3.8) is 0 Å². The second-order valence-electron chi connectivity index (χ2n) is 7.42. The van der Waals surface area contributed by atoms with Crippen molar-refractivity contribution < 1.29 is 14.3 Å². The van der Waals surface area contributed by atoms with E-state index in [4.69, 9.17) is 4.74 Å². The van der Waals surface area contributed by atoms with Crippen LogP contribution in [0, 0.1) is 13.8 Å². The number of anilines is 1. The Bertz CT molecular complexity index is 1420. The molecule has 0 fully saturated rings. The number of pyridine rings is 1. The third kappa shape index (κ3) is 4.59. The molecule has 0 spiro atoms. The predicted molar refractivity (Wildman–Crippen MR) is 122 cm³/mol. The molecule has 0 aliphatic carbocycles. The number of benzene rings is 1. The van der Waals surface area contributed by atoms with Crippen molar-refractivity contribution in [1.29, 1.82) is 0 Å². The fraction of sp³-hybridized carbons (Fsp3) is 0.174. The van der Waals surface area contributed by atoms with Crippen molar-refractivity contribution in [3.05, 3.63) is 81.7 Å². The lowest BCUT2D eigenvalue weighted by Crippen LogP contribution is -2.26. The molecule has 10 nitrogen and oxygen atoms in total. The smallest absolute Gasteiger partial charge is 0.276 e. The Hall–Kier alpha value is -4.47. The normalized spacial score (nSPS) is 10.8. The molecule has 33 heavy (non-hydrogen) atoms. The molecule has 3 aromatic heterocycles. The molecular weight excluding hydrogens is 424 g/mol. The molecule has 0 aliphatic heterocycles. The zero-order valence-corrected chi connectivity index (χ0v) is 18.3. The summed E-state index contributed by atoms with van der Waals surface area (Å²) in [6, 6.07) is 10.1. The third-order valence-corrected chi connectivity index (χ3v) is 5.01. The van der Waals surface area contributed by atoms with E-state index in [0.717, 1.165) is 5.56 Å². The first-order chi connectivity index (χ1) is 15.9. The summed E-state index contributed by atoms with van der Waals surface area (Å²) in [5, 5.41) is 8.11. The maximum atomic E-state index is 12.8. The number of nitrogens with one attached hydrogen (secondary N) is 3. The van der Waals surface area contributed by atoms with Crippen LogP contribution in [0.15, 0.2) is 53.6 Å². The zero-order valence-electron chi connectivity index (χ0n) is 18.3. The lowest BCUT2D eigenvalue weighted by Gasteiger charge is -2.14. The van der Waals surface area contributed by atoms with Crippen LogP contribution in [0.25, 0.3) is 5.65 Å². The average molecular weight is 446 g/mol. The van der Waals surface area contributed by atoms with E-state index in [0.29, 0.717) is 34.1 Å². The summed E-state index contributed by atoms with van der Waals surface area (Å²) in [4.78, 5) is 45.8. The van der Waals surface area contributed by atoms with Gasteiger partial charge in [0.1, 0.15) is 11.4 Å². The number of hydrogen-bond acceptors (Lipinski definition) is 6. The van der Waals surface area contributed by atoms with Gasteiger partial charge in [-0.25, -0.2) is 9.50 Å². The van der Waals surface area contributed by atoms with Crippen LogP contribution >= 0.6 is 0 Å². The molecule has 3 N–H and O–H groups in total. The number of aromatic nitrogens is 4. The maximum Gasteiger partial charge on any atom is 0.276 e. The van der Waals surface area contributed by atoms with Crippen molar-refractivity contribution in [2.45, 2.75) is 20.3 Å². The summed E-state index contributed by atoms with van der Waals surface area (Å²) < 4.78 is 7.25. The summed E-state index contributed by atoms with van der Waals surface area (Å²) in [7, 11) is 1.52. The SMILES string of the molecule is CNC(=O)c1cc(Oc2cc(C)ccc2NC(=O)Cc2c(C)nc3cc[nH]n3c2=O)ccn1. The topological polar surface area (TPSA) is 130 Å². The number of carbonyl (C=O) groups is 2. The van der Waals surface area contributed by atoms with E-state index in [2.05, 4.69) is 25.7 Å². The molecule has 2 amide bonds. The van der Waals surface area contributed by atoms with E-state index in [1.54, 1.807) is 37.4 Å². The molecule has 0 aliphatic rings. The number of fused-ring (bicyclic) bond motifs is 1. The molecule has 0 saturated carbocycles. The van der Waals surface area contributed by atoms with Crippen LogP contribution in [-0.2, 0) is 11.2 Å². The number of rotatable bonds is 6. The lowest BCUT2D eigenvalue weighted by molar-refractivity contribution is -0.115. The number of carbonyl (C=O) groups excluding carboxylic acids is 2. The number of ether oxygens (including phenoxy) is 1. The summed E-state index contributed by atoms with van der Waals surface area (Å²) in [6.07, 6.45) is 2.93. The van der Waals surface area contributed by atoms with E-state index < -0.39 is 5.91 Å². The van der Waals surface area contributed by atoms with Crippen molar-refractivity contribution in [2.75, 3.05) is 12.4 Å². The predicted octanol–water partition coefficient (Wildman–Crippen LogP) is 2.37. The molecule has 0 saturated heterocycles. The molecule has 0 unspecified atom stereocenters. The highest BCUT2D eigenvalue weighted by molar-refractivity contribution is 5.94. The molecule has 0 bridgehead atoms. The minimum absolute atomic E-state index is 0.150. The number of amides is 2. The fourth-order valence-corrected chi connectivity index (χ4v) is 3.34. The highest BCUT2D eigenvalue weighted by Crippen LogP contribution is 2.31. The van der Waals surface area contributed by atoms with Gasteiger partial charge in [0.2, 0.25) is 5.91 Å². The Morgan fingerprint density at radius 1 is 1.15 bits per heavy atom. The Morgan fingerprint density at radius 2 is 1.97 bits per heavy atom. The Morgan fingerprint density at radius 3 is 2.76 bits per heavy atom. The van der Waals surface area contributed by atoms with Gasteiger partial charge in [-0.05, 0) is 37.6 Å². The summed E-state index contributed by atoms with van der Waals surface area (Å²) >= 11 is 0. The van der Waals surface area contributed by atoms with Gasteiger partial charge < -0.3 is 15.4 Å². The molecule has 0 radical (unpaired) electrons. The Balaban J connectivity index is 1.58. The van der Waals surface area contributed by atoms with Gasteiger partial charge in [0.25, 0.3) is 11.5 Å². The molecule has 10 heteroatoms. The third-order valence-electron chi connectivity index (χ3n) is 5.01. The van der Waals surface area contributed by atoms with Crippen molar-refractivity contribution in [3.8, 4) is 11.5 Å². The second kappa shape index (κ2) is 8.95. The number of H-pyrrole nitrogens is 1. The van der Waals surface area contributed by atoms with Crippen LogP contribution in [0.2, 0.25) is 0 Å². The van der Waals surface area contributed by atoms with Crippen LogP contribution in [0.5, 0.6) is 11.5 Å². The minimum Gasteiger partial charge on any atom is -0.455 e. The summed E-state index contributed by atoms with van der Waals surface area (Å²) in [6.45, 7) is 3.59. The van der Waals surface area contributed by atoms with Crippen LogP contribution in [-0.4, -0.2) is 38.4 Å². The standard InChI is InChI=1S/C23H22N6O4/c1-13-4-5-17(19(10-13)33-15-6-8-25-18(11-15)22(31)24-3)28-21(30)12-16-14(2)27-20-7-9-26-29(20)23(16)32/h4-11,26H,12H2,1-3H3,(H,24,31)(H,28,30). The van der Waals surface area contributed by atoms with E-state index in [1.807, 2.05) is 13.0 Å². The molecule has 168 valence electrons. The molecule has 1 aromatic carbocycles. The first-order valence-corrected chi connectivity index (χ1v) is 10.2. The second-order valence-corrected chi connectivity index (χ2v) is 7.42. The highest BCUT2D eigenvalue weighted by Gasteiger charge is 2.16. The van der Waals surface area contributed by atoms with Gasteiger partial charge in [-0.3, -0.25) is 24.5 Å². The largest absolute Gasteiger partial charge is 0.455 e. The van der Waals surface area contributed by atoms with Crippen molar-refractivity contribution in [2.24, 2.45) is 0 Å². The monoisotopic (exact) mass is 446 g/mol. The van der Waals surface area contributed by atoms with E-state index in [9.17, 15) is 14.4 Å². The molecule has 0 atom stereocenters. The Kier molecular flexibility index (Phi) is 5.90. The van der Waals surface area contributed by atoms with E-state index in [1.165, 1.54) is 23.8 Å². The lowest BCUT2D eigenvalue weighted by atomic mass is 10.1. The quantitative estimate of drug-likeness (QED) is 0.417. The van der Waals surface area contributed by atoms with Gasteiger partial charge in [-0.15, -0.1) is 0 Å². The van der Waals surface area contributed by atoms with E-state index >= 15 is 0 Å². The van der Waals surface area contributed by atoms with Crippen LogP contribution in [0.3, 0.4) is 0 Å². The number of nitrogens with zero attached hydrogens (tertiary/aromatic N) is 3. The number of aromatic amines is 1. The van der Waals surface area contributed by atoms with Crippen LogP contribution in [0.4, 0.5) is 5.69 Å². The molecular formula is C23H22N6O4. The van der Waals surface area contributed by atoms with Gasteiger partial charge in [-0.2, -0.15) is 0 Å². The van der Waals surface area contributed by atoms with Crippen LogP contribution < -0.4 is 20.9 Å². The van der Waals surface area contributed by atoms with Crippen molar-refractivity contribution >= 4 is 23.1 Å². The molecule has 4 aromatic rings. The Labute approximate surface area is 188 Å². The minimum atomic E-state index is -0.391. The van der Waals surface area contributed by atoms with Gasteiger partial charge >= 0.3 is 0 Å². The highest BCUT2D eigenvalue weighted by atomic mass is 16.5.